The third-order valence-corrected chi connectivity index (χ3v) is 2.97. The van der Waals surface area contributed by atoms with Crippen LogP contribution in [0.4, 0.5) is 0 Å². The van der Waals surface area contributed by atoms with Gasteiger partial charge in [-0.25, -0.2) is 0 Å². The molecule has 0 heterocycles. The lowest BCUT2D eigenvalue weighted by Crippen LogP contribution is -2.26. The van der Waals surface area contributed by atoms with Crippen LogP contribution in [0.1, 0.15) is 28.9 Å². The van der Waals surface area contributed by atoms with E-state index in [1.807, 2.05) is 49.4 Å². The van der Waals surface area contributed by atoms with Crippen LogP contribution in [0.5, 0.6) is 0 Å². The zero-order valence-electron chi connectivity index (χ0n) is 10.1. The third kappa shape index (κ3) is 3.11. The number of benzene rings is 2. The fourth-order valence-corrected chi connectivity index (χ4v) is 1.93. The molecule has 1 amide bonds. The molecule has 0 aliphatic carbocycles. The second kappa shape index (κ2) is 5.69. The maximum absolute atomic E-state index is 12.0. The van der Waals surface area contributed by atoms with Crippen molar-refractivity contribution < 1.29 is 4.79 Å². The molecule has 0 aliphatic rings. The van der Waals surface area contributed by atoms with Gasteiger partial charge in [0.25, 0.3) is 5.91 Å². The van der Waals surface area contributed by atoms with E-state index >= 15 is 0 Å². The number of rotatable bonds is 3. The molecule has 92 valence electrons. The maximum Gasteiger partial charge on any atom is 0.251 e. The van der Waals surface area contributed by atoms with E-state index in [1.54, 1.807) is 12.1 Å². The van der Waals surface area contributed by atoms with Crippen molar-refractivity contribution in [3.63, 3.8) is 0 Å². The Morgan fingerprint density at radius 1 is 1.11 bits per heavy atom. The van der Waals surface area contributed by atoms with Gasteiger partial charge in [-0.2, -0.15) is 0 Å². The first kappa shape index (κ1) is 12.7. The fraction of sp³-hybridized carbons (Fsp3) is 0.133. The molecule has 2 aromatic carbocycles. The van der Waals surface area contributed by atoms with Gasteiger partial charge in [-0.3, -0.25) is 4.79 Å². The first-order valence-corrected chi connectivity index (χ1v) is 6.16. The summed E-state index contributed by atoms with van der Waals surface area (Å²) in [6, 6.07) is 16.6. The summed E-state index contributed by atoms with van der Waals surface area (Å²) in [6.07, 6.45) is 0. The molecule has 18 heavy (non-hydrogen) atoms. The Bertz CT molecular complexity index is 539. The van der Waals surface area contributed by atoms with Crippen LogP contribution in [-0.4, -0.2) is 5.91 Å². The Labute approximate surface area is 112 Å². The molecule has 0 radical (unpaired) electrons. The second-order valence-corrected chi connectivity index (χ2v) is 4.55. The Morgan fingerprint density at radius 3 is 2.50 bits per heavy atom. The minimum atomic E-state index is -0.0805. The molecule has 0 fully saturated rings. The normalized spacial score (nSPS) is 11.9. The Balaban J connectivity index is 2.08. The van der Waals surface area contributed by atoms with Gasteiger partial charge in [-0.05, 0) is 36.8 Å². The summed E-state index contributed by atoms with van der Waals surface area (Å²) in [7, 11) is 0. The van der Waals surface area contributed by atoms with E-state index in [2.05, 4.69) is 5.32 Å². The number of amides is 1. The van der Waals surface area contributed by atoms with E-state index in [9.17, 15) is 4.79 Å². The Morgan fingerprint density at radius 2 is 1.83 bits per heavy atom. The number of halogens is 1. The summed E-state index contributed by atoms with van der Waals surface area (Å²) < 4.78 is 0. The quantitative estimate of drug-likeness (QED) is 0.892. The Hall–Kier alpha value is -1.80. The number of nitrogens with one attached hydrogen (secondary N) is 1. The van der Waals surface area contributed by atoms with Crippen molar-refractivity contribution in [2.45, 2.75) is 13.0 Å². The van der Waals surface area contributed by atoms with Crippen molar-refractivity contribution in [1.29, 1.82) is 0 Å². The largest absolute Gasteiger partial charge is 0.346 e. The van der Waals surface area contributed by atoms with Gasteiger partial charge in [0.05, 0.1) is 6.04 Å². The zero-order valence-corrected chi connectivity index (χ0v) is 10.8. The monoisotopic (exact) mass is 259 g/mol. The van der Waals surface area contributed by atoms with Gasteiger partial charge in [0.1, 0.15) is 0 Å². The van der Waals surface area contributed by atoms with Crippen molar-refractivity contribution in [2.24, 2.45) is 0 Å². The molecular weight excluding hydrogens is 246 g/mol. The highest BCUT2D eigenvalue weighted by Crippen LogP contribution is 2.17. The highest BCUT2D eigenvalue weighted by atomic mass is 35.5. The lowest BCUT2D eigenvalue weighted by molar-refractivity contribution is 0.0940. The van der Waals surface area contributed by atoms with Gasteiger partial charge < -0.3 is 5.32 Å². The first-order chi connectivity index (χ1) is 8.66. The Kier molecular flexibility index (Phi) is 4.00. The average Bonchev–Trinajstić information content (AvgIpc) is 2.39. The molecule has 1 N–H and O–H groups in total. The number of carbonyl (C=O) groups excluding carboxylic acids is 1. The van der Waals surface area contributed by atoms with Crippen LogP contribution in [0.25, 0.3) is 0 Å². The molecule has 0 spiro atoms. The third-order valence-electron chi connectivity index (χ3n) is 2.73. The predicted octanol–water partition coefficient (Wildman–Crippen LogP) is 3.83. The van der Waals surface area contributed by atoms with Gasteiger partial charge >= 0.3 is 0 Å². The summed E-state index contributed by atoms with van der Waals surface area (Å²) in [5.41, 5.74) is 1.65. The minimum absolute atomic E-state index is 0.0728. The fourth-order valence-electron chi connectivity index (χ4n) is 1.73. The van der Waals surface area contributed by atoms with Crippen LogP contribution in [0.15, 0.2) is 54.6 Å². The number of hydrogen-bond acceptors (Lipinski definition) is 1. The van der Waals surface area contributed by atoms with Crippen molar-refractivity contribution in [3.8, 4) is 0 Å². The van der Waals surface area contributed by atoms with Crippen molar-refractivity contribution in [2.75, 3.05) is 0 Å². The molecule has 2 rings (SSSR count). The van der Waals surface area contributed by atoms with Crippen molar-refractivity contribution >= 4 is 17.5 Å². The molecular formula is C15H14ClNO. The van der Waals surface area contributed by atoms with Crippen LogP contribution < -0.4 is 5.32 Å². The smallest absolute Gasteiger partial charge is 0.251 e. The lowest BCUT2D eigenvalue weighted by Gasteiger charge is -2.14. The van der Waals surface area contributed by atoms with Gasteiger partial charge in [0, 0.05) is 10.6 Å². The summed E-state index contributed by atoms with van der Waals surface area (Å²) in [4.78, 5) is 12.0. The van der Waals surface area contributed by atoms with E-state index in [0.29, 0.717) is 10.6 Å². The molecule has 2 nitrogen and oxygen atoms in total. The summed E-state index contributed by atoms with van der Waals surface area (Å²) in [6.45, 7) is 1.94. The van der Waals surface area contributed by atoms with Crippen molar-refractivity contribution in [3.05, 3.63) is 70.7 Å². The molecule has 0 bridgehead atoms. The van der Waals surface area contributed by atoms with Crippen LogP contribution >= 0.6 is 11.6 Å². The van der Waals surface area contributed by atoms with Gasteiger partial charge in [-0.1, -0.05) is 41.9 Å². The van der Waals surface area contributed by atoms with Gasteiger partial charge in [0.2, 0.25) is 0 Å². The van der Waals surface area contributed by atoms with Crippen LogP contribution in [0.3, 0.4) is 0 Å². The number of hydrogen-bond donors (Lipinski definition) is 1. The van der Waals surface area contributed by atoms with Gasteiger partial charge in [0.15, 0.2) is 0 Å². The highest BCUT2D eigenvalue weighted by molar-refractivity contribution is 6.30. The molecule has 0 aromatic heterocycles. The van der Waals surface area contributed by atoms with Crippen LogP contribution in [0, 0.1) is 0 Å². The molecule has 0 unspecified atom stereocenters. The van der Waals surface area contributed by atoms with E-state index in [-0.39, 0.29) is 11.9 Å². The second-order valence-electron chi connectivity index (χ2n) is 4.12. The number of carbonyl (C=O) groups is 1. The predicted molar refractivity (Wildman–Crippen MR) is 73.8 cm³/mol. The molecule has 2 aromatic rings. The van der Waals surface area contributed by atoms with E-state index in [1.165, 1.54) is 0 Å². The summed E-state index contributed by atoms with van der Waals surface area (Å²) in [5, 5.41) is 3.62. The molecule has 3 heteroatoms. The standard InChI is InChI=1S/C15H14ClNO/c1-11(13-8-5-9-14(16)10-13)17-15(18)12-6-3-2-4-7-12/h2-11H,1H3,(H,17,18)/t11-/m1/s1. The molecule has 0 saturated carbocycles. The van der Waals surface area contributed by atoms with E-state index in [0.717, 1.165) is 5.56 Å². The van der Waals surface area contributed by atoms with Gasteiger partial charge in [-0.15, -0.1) is 0 Å². The zero-order chi connectivity index (χ0) is 13.0. The van der Waals surface area contributed by atoms with E-state index < -0.39 is 0 Å². The average molecular weight is 260 g/mol. The molecule has 0 aliphatic heterocycles. The van der Waals surface area contributed by atoms with E-state index in [4.69, 9.17) is 11.6 Å². The minimum Gasteiger partial charge on any atom is -0.346 e. The SMILES string of the molecule is C[C@@H](NC(=O)c1ccccc1)c1cccc(Cl)c1. The highest BCUT2D eigenvalue weighted by Gasteiger charge is 2.10. The lowest BCUT2D eigenvalue weighted by atomic mass is 10.1. The molecule has 1 atom stereocenters. The summed E-state index contributed by atoms with van der Waals surface area (Å²) in [5.74, 6) is -0.0805. The molecule has 0 saturated heterocycles. The van der Waals surface area contributed by atoms with Crippen LogP contribution in [0.2, 0.25) is 5.02 Å². The topological polar surface area (TPSA) is 29.1 Å². The first-order valence-electron chi connectivity index (χ1n) is 5.78. The maximum atomic E-state index is 12.0. The van der Waals surface area contributed by atoms with Crippen LogP contribution in [-0.2, 0) is 0 Å². The summed E-state index contributed by atoms with van der Waals surface area (Å²) >= 11 is 5.93. The van der Waals surface area contributed by atoms with Crippen molar-refractivity contribution in [1.82, 2.24) is 5.32 Å².